The van der Waals surface area contributed by atoms with Crippen molar-refractivity contribution in [2.75, 3.05) is 17.3 Å². The maximum atomic E-state index is 11.5. The summed E-state index contributed by atoms with van der Waals surface area (Å²) in [5, 5.41) is 1.55. The summed E-state index contributed by atoms with van der Waals surface area (Å²) in [4.78, 5) is 11.5. The fourth-order valence-corrected chi connectivity index (χ4v) is 1.79. The average molecular weight is 360 g/mol. The standard InChI is InChI=1S/C11H20Br2O3/c1-11(2,3)16-10(14)5-4-9(8-13)15-7-6-12/h9H,4-8H2,1-3H3. The number of halogens is 2. The molecule has 1 unspecified atom stereocenters. The quantitative estimate of drug-likeness (QED) is 0.517. The third kappa shape index (κ3) is 9.60. The van der Waals surface area contributed by atoms with Gasteiger partial charge in [-0.25, -0.2) is 0 Å². The summed E-state index contributed by atoms with van der Waals surface area (Å²) in [6.45, 7) is 6.27. The molecule has 0 spiro atoms. The molecule has 0 N–H and O–H groups in total. The summed E-state index contributed by atoms with van der Waals surface area (Å²) in [5.41, 5.74) is -0.405. The van der Waals surface area contributed by atoms with E-state index in [0.29, 0.717) is 19.4 Å². The summed E-state index contributed by atoms with van der Waals surface area (Å²) in [6, 6.07) is 0. The maximum absolute atomic E-state index is 11.5. The van der Waals surface area contributed by atoms with Crippen LogP contribution in [0.2, 0.25) is 0 Å². The molecule has 0 heterocycles. The fraction of sp³-hybridized carbons (Fsp3) is 0.909. The van der Waals surface area contributed by atoms with Crippen LogP contribution < -0.4 is 0 Å². The van der Waals surface area contributed by atoms with E-state index >= 15 is 0 Å². The van der Waals surface area contributed by atoms with E-state index in [1.54, 1.807) is 0 Å². The van der Waals surface area contributed by atoms with Crippen LogP contribution in [0.4, 0.5) is 0 Å². The highest BCUT2D eigenvalue weighted by Crippen LogP contribution is 2.12. The van der Waals surface area contributed by atoms with Gasteiger partial charge in [-0.3, -0.25) is 4.79 Å². The zero-order valence-corrected chi connectivity index (χ0v) is 13.3. The summed E-state index contributed by atoms with van der Waals surface area (Å²) in [5.74, 6) is -0.166. The lowest BCUT2D eigenvalue weighted by molar-refractivity contribution is -0.155. The van der Waals surface area contributed by atoms with Gasteiger partial charge < -0.3 is 9.47 Å². The first-order chi connectivity index (χ1) is 7.39. The monoisotopic (exact) mass is 358 g/mol. The van der Waals surface area contributed by atoms with Gasteiger partial charge in [0.1, 0.15) is 5.60 Å². The van der Waals surface area contributed by atoms with E-state index < -0.39 is 5.60 Å². The molecule has 0 amide bonds. The molecule has 0 radical (unpaired) electrons. The highest BCUT2D eigenvalue weighted by atomic mass is 79.9. The molecule has 1 atom stereocenters. The van der Waals surface area contributed by atoms with Crippen molar-refractivity contribution in [1.82, 2.24) is 0 Å². The number of hydrogen-bond acceptors (Lipinski definition) is 3. The van der Waals surface area contributed by atoms with Crippen molar-refractivity contribution >= 4 is 37.8 Å². The van der Waals surface area contributed by atoms with Crippen LogP contribution >= 0.6 is 31.9 Å². The molecular formula is C11H20Br2O3. The molecule has 0 aliphatic heterocycles. The second-order valence-electron chi connectivity index (χ2n) is 4.46. The van der Waals surface area contributed by atoms with E-state index in [0.717, 1.165) is 10.7 Å². The Hall–Kier alpha value is 0.390. The van der Waals surface area contributed by atoms with Gasteiger partial charge in [0.2, 0.25) is 0 Å². The van der Waals surface area contributed by atoms with Gasteiger partial charge in [-0.2, -0.15) is 0 Å². The van der Waals surface area contributed by atoms with Gasteiger partial charge in [-0.1, -0.05) is 31.9 Å². The van der Waals surface area contributed by atoms with Crippen molar-refractivity contribution in [3.8, 4) is 0 Å². The summed E-state index contributed by atoms with van der Waals surface area (Å²) in [7, 11) is 0. The van der Waals surface area contributed by atoms with Gasteiger partial charge in [0.25, 0.3) is 0 Å². The van der Waals surface area contributed by atoms with Crippen LogP contribution in [0.5, 0.6) is 0 Å². The second-order valence-corrected chi connectivity index (χ2v) is 5.90. The molecule has 0 aliphatic rings. The molecule has 0 aliphatic carbocycles. The number of esters is 1. The first-order valence-corrected chi connectivity index (χ1v) is 7.58. The molecule has 0 saturated carbocycles. The van der Waals surface area contributed by atoms with Gasteiger partial charge >= 0.3 is 5.97 Å². The van der Waals surface area contributed by atoms with Crippen molar-refractivity contribution in [3.05, 3.63) is 0 Å². The molecule has 3 nitrogen and oxygen atoms in total. The van der Waals surface area contributed by atoms with E-state index in [2.05, 4.69) is 31.9 Å². The van der Waals surface area contributed by atoms with Crippen molar-refractivity contribution in [2.24, 2.45) is 0 Å². The van der Waals surface area contributed by atoms with Crippen LogP contribution in [-0.4, -0.2) is 34.9 Å². The minimum atomic E-state index is -0.405. The third-order valence-corrected chi connectivity index (χ3v) is 2.74. The van der Waals surface area contributed by atoms with Gasteiger partial charge in [-0.15, -0.1) is 0 Å². The Morgan fingerprint density at radius 1 is 1.31 bits per heavy atom. The fourth-order valence-electron chi connectivity index (χ4n) is 1.09. The first kappa shape index (κ1) is 16.4. The molecule has 0 aromatic heterocycles. The molecular weight excluding hydrogens is 340 g/mol. The Balaban J connectivity index is 3.79. The minimum Gasteiger partial charge on any atom is -0.460 e. The Morgan fingerprint density at radius 3 is 2.38 bits per heavy atom. The highest BCUT2D eigenvalue weighted by Gasteiger charge is 2.17. The lowest BCUT2D eigenvalue weighted by Gasteiger charge is -2.20. The molecule has 0 bridgehead atoms. The zero-order valence-electron chi connectivity index (χ0n) is 10.1. The lowest BCUT2D eigenvalue weighted by Crippen LogP contribution is -2.25. The topological polar surface area (TPSA) is 35.5 Å². The van der Waals surface area contributed by atoms with Crippen LogP contribution in [0.3, 0.4) is 0 Å². The predicted octanol–water partition coefficient (Wildman–Crippen LogP) is 3.28. The largest absolute Gasteiger partial charge is 0.460 e. The van der Waals surface area contributed by atoms with Crippen LogP contribution in [0.25, 0.3) is 0 Å². The Bertz CT molecular complexity index is 202. The number of hydrogen-bond donors (Lipinski definition) is 0. The Labute approximate surface area is 115 Å². The van der Waals surface area contributed by atoms with E-state index in [9.17, 15) is 4.79 Å². The van der Waals surface area contributed by atoms with E-state index in [1.807, 2.05) is 20.8 Å². The molecule has 0 fully saturated rings. The zero-order chi connectivity index (χ0) is 12.6. The molecule has 0 aromatic rings. The summed E-state index contributed by atoms with van der Waals surface area (Å²) in [6.07, 6.45) is 1.16. The summed E-state index contributed by atoms with van der Waals surface area (Å²) < 4.78 is 10.7. The second kappa shape index (κ2) is 8.48. The SMILES string of the molecule is CC(C)(C)OC(=O)CCC(CBr)OCCBr. The highest BCUT2D eigenvalue weighted by molar-refractivity contribution is 9.09. The molecule has 0 saturated heterocycles. The van der Waals surface area contributed by atoms with Crippen LogP contribution in [0.15, 0.2) is 0 Å². The smallest absolute Gasteiger partial charge is 0.306 e. The molecule has 16 heavy (non-hydrogen) atoms. The van der Waals surface area contributed by atoms with Crippen molar-refractivity contribution in [2.45, 2.75) is 45.3 Å². The van der Waals surface area contributed by atoms with Gasteiger partial charge in [0.05, 0.1) is 12.7 Å². The number of carbonyl (C=O) groups is 1. The van der Waals surface area contributed by atoms with E-state index in [-0.39, 0.29) is 12.1 Å². The normalized spacial score (nSPS) is 13.6. The van der Waals surface area contributed by atoms with Crippen LogP contribution in [-0.2, 0) is 14.3 Å². The molecule has 5 heteroatoms. The van der Waals surface area contributed by atoms with Crippen LogP contribution in [0.1, 0.15) is 33.6 Å². The van der Waals surface area contributed by atoms with Gasteiger partial charge in [0.15, 0.2) is 0 Å². The summed E-state index contributed by atoms with van der Waals surface area (Å²) >= 11 is 6.66. The number of ether oxygens (including phenoxy) is 2. The molecule has 0 rings (SSSR count). The van der Waals surface area contributed by atoms with Crippen molar-refractivity contribution in [1.29, 1.82) is 0 Å². The van der Waals surface area contributed by atoms with Gasteiger partial charge in [0, 0.05) is 17.1 Å². The predicted molar refractivity (Wildman–Crippen MR) is 72.4 cm³/mol. The van der Waals surface area contributed by atoms with E-state index in [1.165, 1.54) is 0 Å². The molecule has 96 valence electrons. The molecule has 0 aromatic carbocycles. The third-order valence-electron chi connectivity index (χ3n) is 1.69. The van der Waals surface area contributed by atoms with Crippen LogP contribution in [0, 0.1) is 0 Å². The lowest BCUT2D eigenvalue weighted by atomic mass is 10.2. The Morgan fingerprint density at radius 2 is 1.94 bits per heavy atom. The van der Waals surface area contributed by atoms with Gasteiger partial charge in [-0.05, 0) is 27.2 Å². The minimum absolute atomic E-state index is 0.0741. The van der Waals surface area contributed by atoms with Crippen molar-refractivity contribution in [3.63, 3.8) is 0 Å². The average Bonchev–Trinajstić information content (AvgIpc) is 2.15. The van der Waals surface area contributed by atoms with E-state index in [4.69, 9.17) is 9.47 Å². The number of rotatable bonds is 7. The number of carbonyl (C=O) groups excluding carboxylic acids is 1. The maximum Gasteiger partial charge on any atom is 0.306 e. The first-order valence-electron chi connectivity index (χ1n) is 5.34. The number of alkyl halides is 2. The Kier molecular flexibility index (Phi) is 8.68. The van der Waals surface area contributed by atoms with Crippen molar-refractivity contribution < 1.29 is 14.3 Å².